The number of benzene rings is 1. The van der Waals surface area contributed by atoms with E-state index in [1.165, 1.54) is 18.2 Å². The summed E-state index contributed by atoms with van der Waals surface area (Å²) in [5.74, 6) is -1.61. The molecule has 1 aromatic rings. The van der Waals surface area contributed by atoms with Gasteiger partial charge in [0.1, 0.15) is 13.2 Å². The Labute approximate surface area is 160 Å². The molecule has 0 spiro atoms. The average molecular weight is 390 g/mol. The Kier molecular flexibility index (Phi) is 7.07. The van der Waals surface area contributed by atoms with Crippen molar-refractivity contribution in [2.45, 2.75) is 19.8 Å². The van der Waals surface area contributed by atoms with Crippen molar-refractivity contribution in [3.05, 3.63) is 62.8 Å². The molecule has 1 unspecified atom stereocenters. The van der Waals surface area contributed by atoms with Crippen LogP contribution in [-0.4, -0.2) is 35.0 Å². The second-order valence-electron chi connectivity index (χ2n) is 5.82. The van der Waals surface area contributed by atoms with E-state index in [-0.39, 0.29) is 35.3 Å². The van der Waals surface area contributed by atoms with Gasteiger partial charge in [-0.2, -0.15) is 5.26 Å². The van der Waals surface area contributed by atoms with Crippen LogP contribution >= 0.6 is 0 Å². The van der Waals surface area contributed by atoms with E-state index in [1.54, 1.807) is 19.9 Å². The van der Waals surface area contributed by atoms with Crippen LogP contribution < -0.4 is 10.5 Å². The summed E-state index contributed by atoms with van der Waals surface area (Å²) in [6, 6.07) is 7.90. The van der Waals surface area contributed by atoms with Gasteiger partial charge in [0.05, 0.1) is 28.8 Å². The zero-order valence-corrected chi connectivity index (χ0v) is 15.1. The number of carbonyl (C=O) groups excluding carboxylic acids is 1. The molecule has 0 saturated carbocycles. The third kappa shape index (κ3) is 4.84. The molecular weight excluding hydrogens is 372 g/mol. The highest BCUT2D eigenvalue weighted by molar-refractivity contribution is 5.93. The summed E-state index contributed by atoms with van der Waals surface area (Å²) in [5, 5.41) is 50.5. The summed E-state index contributed by atoms with van der Waals surface area (Å²) < 4.78 is 5.07. The minimum Gasteiger partial charge on any atom is -0.738 e. The monoisotopic (exact) mass is 390 g/mol. The van der Waals surface area contributed by atoms with Crippen LogP contribution in [-0.2, 0) is 14.4 Å². The third-order valence-electron chi connectivity index (χ3n) is 4.04. The molecule has 11 heteroatoms. The van der Waals surface area contributed by atoms with Crippen LogP contribution in [0, 0.1) is 21.7 Å². The first-order valence-corrected chi connectivity index (χ1v) is 8.07. The zero-order valence-electron chi connectivity index (χ0n) is 15.1. The molecule has 0 saturated heterocycles. The van der Waals surface area contributed by atoms with Crippen LogP contribution in [0.4, 0.5) is 5.69 Å². The highest BCUT2D eigenvalue weighted by Gasteiger charge is 2.34. The topological polar surface area (TPSA) is 164 Å². The maximum absolute atomic E-state index is 12.6. The maximum Gasteiger partial charge on any atom is 0.336 e. The first-order valence-electron chi connectivity index (χ1n) is 8.07. The van der Waals surface area contributed by atoms with Gasteiger partial charge in [-0.25, -0.2) is 4.79 Å². The number of hydrogen-bond acceptors (Lipinski definition) is 11. The molecule has 1 heterocycles. The van der Waals surface area contributed by atoms with E-state index in [0.717, 1.165) is 0 Å². The molecule has 0 fully saturated rings. The Balaban J connectivity index is 2.38. The van der Waals surface area contributed by atoms with Crippen molar-refractivity contribution in [1.29, 1.82) is 5.26 Å². The van der Waals surface area contributed by atoms with E-state index in [4.69, 9.17) is 15.2 Å². The fourth-order valence-electron chi connectivity index (χ4n) is 2.90. The fourth-order valence-corrected chi connectivity index (χ4v) is 2.90. The van der Waals surface area contributed by atoms with Crippen LogP contribution in [0.1, 0.15) is 25.3 Å². The predicted molar refractivity (Wildman–Crippen MR) is 94.9 cm³/mol. The van der Waals surface area contributed by atoms with Gasteiger partial charge in [-0.15, -0.1) is 5.39 Å². The quantitative estimate of drug-likeness (QED) is 0.353. The van der Waals surface area contributed by atoms with Crippen molar-refractivity contribution in [3.63, 3.8) is 0 Å². The normalized spacial score (nSPS) is 16.7. The van der Waals surface area contributed by atoms with E-state index < -0.39 is 17.3 Å². The van der Waals surface area contributed by atoms with Gasteiger partial charge >= 0.3 is 5.97 Å². The first-order chi connectivity index (χ1) is 13.3. The van der Waals surface area contributed by atoms with Gasteiger partial charge in [0.2, 0.25) is 0 Å². The Morgan fingerprint density at radius 3 is 2.61 bits per heavy atom. The predicted octanol–water partition coefficient (Wildman–Crippen LogP) is 1.80. The lowest BCUT2D eigenvalue weighted by Crippen LogP contribution is -2.29. The van der Waals surface area contributed by atoms with Gasteiger partial charge < -0.3 is 30.9 Å². The van der Waals surface area contributed by atoms with Crippen LogP contribution in [0.3, 0.4) is 0 Å². The van der Waals surface area contributed by atoms with E-state index in [1.807, 2.05) is 0 Å². The summed E-state index contributed by atoms with van der Waals surface area (Å²) in [4.78, 5) is 16.9. The number of hydrogen-bond donors (Lipinski definition) is 3. The van der Waals surface area contributed by atoms with Gasteiger partial charge in [-0.05, 0) is 31.5 Å². The molecule has 0 bridgehead atoms. The molecular formula is C17H18N4O7-2. The number of dihydropyridines is 1. The number of nitrogens with one attached hydrogen (secondary N) is 1. The van der Waals surface area contributed by atoms with Gasteiger partial charge in [-0.3, -0.25) is 10.0 Å². The number of esters is 1. The largest absolute Gasteiger partial charge is 0.738 e. The van der Waals surface area contributed by atoms with Gasteiger partial charge in [0, 0.05) is 11.4 Å². The Morgan fingerprint density at radius 2 is 2.00 bits per heavy atom. The second-order valence-corrected chi connectivity index (χ2v) is 5.82. The van der Waals surface area contributed by atoms with Crippen molar-refractivity contribution in [2.24, 2.45) is 0 Å². The Hall–Kier alpha value is -2.98. The molecule has 2 rings (SSSR count). The van der Waals surface area contributed by atoms with Crippen molar-refractivity contribution < 1.29 is 24.8 Å². The Bertz CT molecular complexity index is 842. The lowest BCUT2D eigenvalue weighted by molar-refractivity contribution is -0.307. The van der Waals surface area contributed by atoms with Crippen LogP contribution in [0.25, 0.3) is 0 Å². The molecule has 0 aliphatic carbocycles. The Morgan fingerprint density at radius 1 is 1.29 bits per heavy atom. The lowest BCUT2D eigenvalue weighted by atomic mass is 9.81. The minimum absolute atomic E-state index is 0.0665. The maximum atomic E-state index is 12.6. The molecule has 150 valence electrons. The third-order valence-corrected chi connectivity index (χ3v) is 4.04. The summed E-state index contributed by atoms with van der Waals surface area (Å²) in [5.41, 5.74) is 1.69. The van der Waals surface area contributed by atoms with Gasteiger partial charge in [0.25, 0.3) is 0 Å². The number of anilines is 1. The summed E-state index contributed by atoms with van der Waals surface area (Å²) in [6.07, 6.45) is 0. The van der Waals surface area contributed by atoms with Crippen molar-refractivity contribution in [1.82, 2.24) is 10.7 Å². The fraction of sp³-hybridized carbons (Fsp3) is 0.294. The number of ether oxygens (including phenoxy) is 1. The molecule has 0 radical (unpaired) electrons. The molecule has 0 aromatic heterocycles. The number of nitriles is 1. The van der Waals surface area contributed by atoms with E-state index >= 15 is 0 Å². The van der Waals surface area contributed by atoms with Gasteiger partial charge in [0.15, 0.2) is 0 Å². The average Bonchev–Trinajstić information content (AvgIpc) is 2.64. The number of rotatable bonds is 7. The molecule has 28 heavy (non-hydrogen) atoms. The SMILES string of the molecule is CC1=C(C#N)C(c2cccc(N([O-])O)c2)C(C(=O)OCCON([O-])O)=C(C)N1. The second kappa shape index (κ2) is 9.29. The number of carbonyl (C=O) groups is 1. The number of nitrogens with zero attached hydrogens (tertiary/aromatic N) is 3. The minimum atomic E-state index is -0.839. The van der Waals surface area contributed by atoms with Crippen LogP contribution in [0.5, 0.6) is 0 Å². The summed E-state index contributed by atoms with van der Waals surface area (Å²) >= 11 is 0. The number of allylic oxidation sites excluding steroid dienone is 3. The van der Waals surface area contributed by atoms with Crippen LogP contribution in [0.15, 0.2) is 46.8 Å². The molecule has 1 aliphatic heterocycles. The van der Waals surface area contributed by atoms with E-state index in [0.29, 0.717) is 17.0 Å². The highest BCUT2D eigenvalue weighted by atomic mass is 17.1. The van der Waals surface area contributed by atoms with E-state index in [2.05, 4.69) is 16.2 Å². The van der Waals surface area contributed by atoms with Gasteiger partial charge in [-0.1, -0.05) is 12.1 Å². The summed E-state index contributed by atoms with van der Waals surface area (Å²) in [6.45, 7) is 2.60. The standard InChI is InChI=1S/C17H18N4O7/c1-10-14(9-18)16(12-4-3-5-13(8-12)20(23)24)15(11(2)19-10)17(22)27-6-7-28-21(25)26/h3-5,8,16,19,23,25H,6-7H2,1-2H3/q-2. The molecule has 1 aliphatic rings. The zero-order chi connectivity index (χ0) is 20.8. The molecule has 3 N–H and O–H groups in total. The lowest BCUT2D eigenvalue weighted by Gasteiger charge is -2.30. The summed E-state index contributed by atoms with van der Waals surface area (Å²) in [7, 11) is 0. The van der Waals surface area contributed by atoms with Crippen molar-refractivity contribution >= 4 is 11.7 Å². The highest BCUT2D eigenvalue weighted by Crippen LogP contribution is 2.39. The molecule has 1 aromatic carbocycles. The smallest absolute Gasteiger partial charge is 0.336 e. The first kappa shape index (κ1) is 21.3. The van der Waals surface area contributed by atoms with Crippen LogP contribution in [0.2, 0.25) is 0 Å². The van der Waals surface area contributed by atoms with Crippen molar-refractivity contribution in [2.75, 3.05) is 18.4 Å². The molecule has 11 nitrogen and oxygen atoms in total. The van der Waals surface area contributed by atoms with Crippen molar-refractivity contribution in [3.8, 4) is 6.07 Å². The molecule has 0 amide bonds. The van der Waals surface area contributed by atoms with E-state index in [9.17, 15) is 20.5 Å². The molecule has 1 atom stereocenters.